The zero-order chi connectivity index (χ0) is 22.5. The highest BCUT2D eigenvalue weighted by Gasteiger charge is 2.25. The van der Waals surface area contributed by atoms with Crippen LogP contribution in [0.4, 0.5) is 11.6 Å². The molecule has 3 aromatic rings. The number of carbonyl (C=O) groups excluding carboxylic acids is 1. The lowest BCUT2D eigenvalue weighted by Crippen LogP contribution is -2.41. The summed E-state index contributed by atoms with van der Waals surface area (Å²) in [5.41, 5.74) is 7.43. The molecule has 0 aromatic carbocycles. The van der Waals surface area contributed by atoms with Gasteiger partial charge in [0.2, 0.25) is 0 Å². The van der Waals surface area contributed by atoms with Crippen molar-refractivity contribution in [2.24, 2.45) is 5.73 Å². The largest absolute Gasteiger partial charge is 0.464 e. The monoisotopic (exact) mass is 501 g/mol. The third-order valence-corrected chi connectivity index (χ3v) is 6.16. The fourth-order valence-electron chi connectivity index (χ4n) is 3.92. The summed E-state index contributed by atoms with van der Waals surface area (Å²) in [6.45, 7) is 3.52. The number of piperidine rings is 1. The molecule has 4 heterocycles. The molecule has 3 aromatic heterocycles. The van der Waals surface area contributed by atoms with E-state index in [-0.39, 0.29) is 12.0 Å². The zero-order valence-corrected chi connectivity index (χ0v) is 19.7. The Labute approximate surface area is 195 Å². The summed E-state index contributed by atoms with van der Waals surface area (Å²) in [5.74, 6) is 1.37. The highest BCUT2D eigenvalue weighted by molar-refractivity contribution is 9.10. The molecule has 1 aliphatic rings. The molecule has 10 heteroatoms. The van der Waals surface area contributed by atoms with Gasteiger partial charge < -0.3 is 20.7 Å². The second-order valence-corrected chi connectivity index (χ2v) is 8.88. The van der Waals surface area contributed by atoms with Crippen LogP contribution in [0.5, 0.6) is 0 Å². The molecule has 0 unspecified atom stereocenters. The number of pyridine rings is 1. The predicted octanol–water partition coefficient (Wildman–Crippen LogP) is 3.14. The Morgan fingerprint density at radius 2 is 2.28 bits per heavy atom. The van der Waals surface area contributed by atoms with Gasteiger partial charge in [0.1, 0.15) is 17.7 Å². The van der Waals surface area contributed by atoms with Gasteiger partial charge >= 0.3 is 5.97 Å². The molecule has 1 saturated heterocycles. The van der Waals surface area contributed by atoms with E-state index in [1.54, 1.807) is 23.8 Å². The number of nitrogens with one attached hydrogen (secondary N) is 1. The SMILES string of the molecule is C[C@H](N)C(=O)OCC[C@@H]1CCCCN1c1cc(NCc2cccnc2)n2ncc(Br)c2n1. The van der Waals surface area contributed by atoms with E-state index in [9.17, 15) is 4.79 Å². The highest BCUT2D eigenvalue weighted by atomic mass is 79.9. The standard InChI is InChI=1S/C22H28BrN7O2/c1-15(24)22(31)32-10-7-17-6-2-3-9-29(17)20-11-19(26-13-16-5-4-8-25-12-16)30-21(28-20)18(23)14-27-30/h4-5,8,11-12,14-15,17,26H,2-3,6-7,9-10,13,24H2,1H3/t15-,17-/m0/s1. The maximum absolute atomic E-state index is 11.7. The molecule has 9 nitrogen and oxygen atoms in total. The Bertz CT molecular complexity index is 1060. The van der Waals surface area contributed by atoms with Crippen LogP contribution < -0.4 is 16.0 Å². The molecule has 4 rings (SSSR count). The van der Waals surface area contributed by atoms with Crippen molar-refractivity contribution in [2.75, 3.05) is 23.4 Å². The predicted molar refractivity (Wildman–Crippen MR) is 126 cm³/mol. The van der Waals surface area contributed by atoms with Crippen LogP contribution in [-0.4, -0.2) is 50.8 Å². The number of hydrogen-bond donors (Lipinski definition) is 2. The summed E-state index contributed by atoms with van der Waals surface area (Å²) in [5, 5.41) is 7.93. The molecule has 0 radical (unpaired) electrons. The first kappa shape index (κ1) is 22.5. The molecule has 0 amide bonds. The van der Waals surface area contributed by atoms with Crippen molar-refractivity contribution in [3.63, 3.8) is 0 Å². The van der Waals surface area contributed by atoms with E-state index < -0.39 is 6.04 Å². The van der Waals surface area contributed by atoms with Crippen LogP contribution in [0.1, 0.15) is 38.2 Å². The number of hydrogen-bond acceptors (Lipinski definition) is 8. The molecule has 32 heavy (non-hydrogen) atoms. The van der Waals surface area contributed by atoms with Crippen LogP contribution in [0.2, 0.25) is 0 Å². The lowest BCUT2D eigenvalue weighted by Gasteiger charge is -2.37. The Hall–Kier alpha value is -2.72. The second-order valence-electron chi connectivity index (χ2n) is 8.03. The summed E-state index contributed by atoms with van der Waals surface area (Å²) >= 11 is 3.57. The Morgan fingerprint density at radius 3 is 3.06 bits per heavy atom. The van der Waals surface area contributed by atoms with E-state index in [0.717, 1.165) is 59.5 Å². The second kappa shape index (κ2) is 10.3. The number of nitrogens with two attached hydrogens (primary N) is 1. The smallest absolute Gasteiger partial charge is 0.322 e. The number of esters is 1. The zero-order valence-electron chi connectivity index (χ0n) is 18.1. The summed E-state index contributed by atoms with van der Waals surface area (Å²) in [6, 6.07) is 5.63. The summed E-state index contributed by atoms with van der Waals surface area (Å²) in [7, 11) is 0. The molecule has 0 spiro atoms. The molecule has 0 saturated carbocycles. The van der Waals surface area contributed by atoms with Crippen molar-refractivity contribution < 1.29 is 9.53 Å². The molecular formula is C22H28BrN7O2. The van der Waals surface area contributed by atoms with Gasteiger partial charge in [-0.1, -0.05) is 6.07 Å². The Kier molecular flexibility index (Phi) is 7.21. The molecule has 1 aliphatic heterocycles. The number of aromatic nitrogens is 4. The summed E-state index contributed by atoms with van der Waals surface area (Å²) in [6.07, 6.45) is 9.37. The third kappa shape index (κ3) is 5.18. The first-order valence-electron chi connectivity index (χ1n) is 10.9. The van der Waals surface area contributed by atoms with Gasteiger partial charge in [-0.2, -0.15) is 9.61 Å². The molecule has 170 valence electrons. The fourth-order valence-corrected chi connectivity index (χ4v) is 4.27. The van der Waals surface area contributed by atoms with E-state index in [2.05, 4.69) is 36.2 Å². The number of fused-ring (bicyclic) bond motifs is 1. The number of carbonyl (C=O) groups is 1. The molecule has 0 bridgehead atoms. The first-order chi connectivity index (χ1) is 15.5. The minimum absolute atomic E-state index is 0.243. The van der Waals surface area contributed by atoms with Crippen molar-refractivity contribution in [1.82, 2.24) is 19.6 Å². The molecule has 1 fully saturated rings. The quantitative estimate of drug-likeness (QED) is 0.452. The normalized spacial score (nSPS) is 17.3. The summed E-state index contributed by atoms with van der Waals surface area (Å²) in [4.78, 5) is 23.1. The Morgan fingerprint density at radius 1 is 1.41 bits per heavy atom. The van der Waals surface area contributed by atoms with Crippen molar-refractivity contribution >= 4 is 39.2 Å². The highest BCUT2D eigenvalue weighted by Crippen LogP contribution is 2.30. The van der Waals surface area contributed by atoms with Crippen molar-refractivity contribution in [3.05, 3.63) is 46.8 Å². The van der Waals surface area contributed by atoms with Gasteiger partial charge in [-0.15, -0.1) is 0 Å². The topological polar surface area (TPSA) is 111 Å². The number of halogens is 1. The van der Waals surface area contributed by atoms with Gasteiger partial charge in [0, 0.05) is 44.0 Å². The summed E-state index contributed by atoms with van der Waals surface area (Å²) < 4.78 is 7.96. The van der Waals surface area contributed by atoms with Crippen LogP contribution in [0.25, 0.3) is 5.65 Å². The van der Waals surface area contributed by atoms with E-state index in [1.807, 2.05) is 24.4 Å². The van der Waals surface area contributed by atoms with Gasteiger partial charge in [0.05, 0.1) is 17.3 Å². The molecule has 2 atom stereocenters. The van der Waals surface area contributed by atoms with E-state index in [1.165, 1.54) is 0 Å². The van der Waals surface area contributed by atoms with E-state index in [0.29, 0.717) is 13.2 Å². The van der Waals surface area contributed by atoms with Crippen LogP contribution in [0, 0.1) is 0 Å². The minimum Gasteiger partial charge on any atom is -0.464 e. The number of rotatable bonds is 8. The van der Waals surface area contributed by atoms with Gasteiger partial charge in [0.15, 0.2) is 5.65 Å². The van der Waals surface area contributed by atoms with Crippen LogP contribution in [-0.2, 0) is 16.1 Å². The lowest BCUT2D eigenvalue weighted by molar-refractivity contribution is -0.144. The molecule has 3 N–H and O–H groups in total. The van der Waals surface area contributed by atoms with Crippen LogP contribution >= 0.6 is 15.9 Å². The number of nitrogens with zero attached hydrogens (tertiary/aromatic N) is 5. The van der Waals surface area contributed by atoms with Crippen LogP contribution in [0.15, 0.2) is 41.3 Å². The van der Waals surface area contributed by atoms with Crippen molar-refractivity contribution in [2.45, 2.75) is 51.2 Å². The molecule has 0 aliphatic carbocycles. The van der Waals surface area contributed by atoms with Gasteiger partial charge in [0.25, 0.3) is 0 Å². The van der Waals surface area contributed by atoms with Gasteiger partial charge in [-0.3, -0.25) is 9.78 Å². The first-order valence-corrected chi connectivity index (χ1v) is 11.7. The third-order valence-electron chi connectivity index (χ3n) is 5.60. The maximum atomic E-state index is 11.7. The minimum atomic E-state index is -0.603. The average Bonchev–Trinajstić information content (AvgIpc) is 3.19. The van der Waals surface area contributed by atoms with Crippen molar-refractivity contribution in [3.8, 4) is 0 Å². The number of ether oxygens (including phenoxy) is 1. The maximum Gasteiger partial charge on any atom is 0.322 e. The average molecular weight is 502 g/mol. The van der Waals surface area contributed by atoms with Crippen molar-refractivity contribution in [1.29, 1.82) is 0 Å². The van der Waals surface area contributed by atoms with Gasteiger partial charge in [-0.05, 0) is 53.7 Å². The lowest BCUT2D eigenvalue weighted by atomic mass is 9.99. The van der Waals surface area contributed by atoms with E-state index in [4.69, 9.17) is 15.5 Å². The number of anilines is 2. The molecular weight excluding hydrogens is 474 g/mol. The Balaban J connectivity index is 1.56. The van der Waals surface area contributed by atoms with Gasteiger partial charge in [-0.25, -0.2) is 4.98 Å². The van der Waals surface area contributed by atoms with Crippen LogP contribution in [0.3, 0.4) is 0 Å². The fraction of sp³-hybridized carbons (Fsp3) is 0.455. The van der Waals surface area contributed by atoms with E-state index >= 15 is 0 Å².